The summed E-state index contributed by atoms with van der Waals surface area (Å²) in [5, 5.41) is 2.88. The first kappa shape index (κ1) is 11.2. The molecule has 4 heteroatoms. The van der Waals surface area contributed by atoms with Crippen molar-refractivity contribution in [3.63, 3.8) is 0 Å². The molecule has 16 heavy (non-hydrogen) atoms. The molecular formula is C12H19N3O. The third-order valence-electron chi connectivity index (χ3n) is 2.96. The summed E-state index contributed by atoms with van der Waals surface area (Å²) in [7, 11) is 0. The highest BCUT2D eigenvalue weighted by Crippen LogP contribution is 2.36. The summed E-state index contributed by atoms with van der Waals surface area (Å²) >= 11 is 0. The van der Waals surface area contributed by atoms with Crippen molar-refractivity contribution < 1.29 is 4.79 Å². The summed E-state index contributed by atoms with van der Waals surface area (Å²) in [6, 6.07) is 0.666. The summed E-state index contributed by atoms with van der Waals surface area (Å²) < 4.78 is 2.32. The molecule has 2 rings (SSSR count). The van der Waals surface area contributed by atoms with Crippen LogP contribution >= 0.6 is 0 Å². The highest BCUT2D eigenvalue weighted by Gasteiger charge is 2.26. The Bertz CT molecular complexity index is 380. The second-order valence-electron chi connectivity index (χ2n) is 4.37. The lowest BCUT2D eigenvalue weighted by Gasteiger charge is -2.08. The van der Waals surface area contributed by atoms with Gasteiger partial charge in [0, 0.05) is 37.3 Å². The molecule has 4 nitrogen and oxygen atoms in total. The van der Waals surface area contributed by atoms with E-state index in [0.717, 1.165) is 12.2 Å². The molecule has 0 aliphatic heterocycles. The van der Waals surface area contributed by atoms with Gasteiger partial charge in [0.25, 0.3) is 0 Å². The van der Waals surface area contributed by atoms with Crippen LogP contribution in [0.5, 0.6) is 0 Å². The van der Waals surface area contributed by atoms with Gasteiger partial charge in [-0.25, -0.2) is 4.98 Å². The summed E-state index contributed by atoms with van der Waals surface area (Å²) in [5.74, 6) is 1.22. The molecule has 1 aromatic rings. The molecule has 1 amide bonds. The van der Waals surface area contributed by atoms with Gasteiger partial charge in [-0.2, -0.15) is 0 Å². The second kappa shape index (κ2) is 4.68. The predicted molar refractivity (Wildman–Crippen MR) is 62.2 cm³/mol. The van der Waals surface area contributed by atoms with Crippen LogP contribution in [-0.2, 0) is 11.2 Å². The topological polar surface area (TPSA) is 46.9 Å². The van der Waals surface area contributed by atoms with E-state index < -0.39 is 0 Å². The molecule has 88 valence electrons. The van der Waals surface area contributed by atoms with E-state index >= 15 is 0 Å². The molecule has 1 aromatic heterocycles. The SMILES string of the molecule is CCC(=O)NCCc1ncc(C)n1C1CC1. The van der Waals surface area contributed by atoms with Gasteiger partial charge in [-0.3, -0.25) is 4.79 Å². The maximum Gasteiger partial charge on any atom is 0.219 e. The summed E-state index contributed by atoms with van der Waals surface area (Å²) in [6.45, 7) is 4.65. The molecular weight excluding hydrogens is 202 g/mol. The van der Waals surface area contributed by atoms with E-state index in [0.29, 0.717) is 19.0 Å². The van der Waals surface area contributed by atoms with Crippen molar-refractivity contribution in [2.45, 2.75) is 45.6 Å². The number of imidazole rings is 1. The highest BCUT2D eigenvalue weighted by atomic mass is 16.1. The fraction of sp³-hybridized carbons (Fsp3) is 0.667. The first-order valence-corrected chi connectivity index (χ1v) is 6.01. The van der Waals surface area contributed by atoms with Crippen molar-refractivity contribution in [1.29, 1.82) is 0 Å². The van der Waals surface area contributed by atoms with Crippen LogP contribution in [0.1, 0.15) is 43.7 Å². The van der Waals surface area contributed by atoms with E-state index in [2.05, 4.69) is 21.8 Å². The number of hydrogen-bond acceptors (Lipinski definition) is 2. The van der Waals surface area contributed by atoms with Crippen LogP contribution in [0.2, 0.25) is 0 Å². The van der Waals surface area contributed by atoms with Crippen molar-refractivity contribution >= 4 is 5.91 Å². The van der Waals surface area contributed by atoms with Crippen LogP contribution < -0.4 is 5.32 Å². The monoisotopic (exact) mass is 221 g/mol. The number of carbonyl (C=O) groups is 1. The smallest absolute Gasteiger partial charge is 0.219 e. The third kappa shape index (κ3) is 2.43. The molecule has 0 bridgehead atoms. The zero-order valence-electron chi connectivity index (χ0n) is 9.99. The minimum absolute atomic E-state index is 0.112. The third-order valence-corrected chi connectivity index (χ3v) is 2.96. The molecule has 0 atom stereocenters. The van der Waals surface area contributed by atoms with E-state index in [1.54, 1.807) is 0 Å². The molecule has 0 aromatic carbocycles. The summed E-state index contributed by atoms with van der Waals surface area (Å²) in [5.41, 5.74) is 1.24. The lowest BCUT2D eigenvalue weighted by atomic mass is 10.3. The minimum Gasteiger partial charge on any atom is -0.356 e. The van der Waals surface area contributed by atoms with Gasteiger partial charge in [0.2, 0.25) is 5.91 Å². The molecule has 1 N–H and O–H groups in total. The van der Waals surface area contributed by atoms with Crippen molar-refractivity contribution in [2.24, 2.45) is 0 Å². The van der Waals surface area contributed by atoms with E-state index in [1.807, 2.05) is 13.1 Å². The number of carbonyl (C=O) groups excluding carboxylic acids is 1. The van der Waals surface area contributed by atoms with Crippen LogP contribution in [0.4, 0.5) is 0 Å². The summed E-state index contributed by atoms with van der Waals surface area (Å²) in [6.07, 6.45) is 5.85. The minimum atomic E-state index is 0.112. The maximum absolute atomic E-state index is 11.1. The highest BCUT2D eigenvalue weighted by molar-refractivity contribution is 5.75. The molecule has 1 aliphatic rings. The van der Waals surface area contributed by atoms with Gasteiger partial charge in [0.05, 0.1) is 0 Å². The molecule has 0 unspecified atom stereocenters. The van der Waals surface area contributed by atoms with E-state index in [9.17, 15) is 4.79 Å². The van der Waals surface area contributed by atoms with Gasteiger partial charge in [0.15, 0.2) is 0 Å². The van der Waals surface area contributed by atoms with Gasteiger partial charge in [-0.05, 0) is 19.8 Å². The van der Waals surface area contributed by atoms with Crippen LogP contribution in [0, 0.1) is 6.92 Å². The Morgan fingerprint density at radius 3 is 3.00 bits per heavy atom. The Morgan fingerprint density at radius 2 is 2.38 bits per heavy atom. The maximum atomic E-state index is 11.1. The van der Waals surface area contributed by atoms with Crippen molar-refractivity contribution in [3.05, 3.63) is 17.7 Å². The van der Waals surface area contributed by atoms with Crippen LogP contribution in [0.25, 0.3) is 0 Å². The van der Waals surface area contributed by atoms with E-state index in [-0.39, 0.29) is 5.91 Å². The number of amides is 1. The normalized spacial score (nSPS) is 15.1. The first-order valence-electron chi connectivity index (χ1n) is 6.01. The second-order valence-corrected chi connectivity index (χ2v) is 4.37. The average Bonchev–Trinajstić information content (AvgIpc) is 3.04. The Labute approximate surface area is 96.1 Å². The Hall–Kier alpha value is -1.32. The fourth-order valence-corrected chi connectivity index (χ4v) is 1.95. The standard InChI is InChI=1S/C12H19N3O/c1-3-12(16)13-7-6-11-14-8-9(2)15(11)10-4-5-10/h8,10H,3-7H2,1-2H3,(H,13,16). The van der Waals surface area contributed by atoms with Crippen molar-refractivity contribution in [1.82, 2.24) is 14.9 Å². The van der Waals surface area contributed by atoms with Crippen molar-refractivity contribution in [3.8, 4) is 0 Å². The fourth-order valence-electron chi connectivity index (χ4n) is 1.95. The van der Waals surface area contributed by atoms with Crippen molar-refractivity contribution in [2.75, 3.05) is 6.54 Å². The van der Waals surface area contributed by atoms with Crippen LogP contribution in [0.3, 0.4) is 0 Å². The van der Waals surface area contributed by atoms with Crippen LogP contribution in [-0.4, -0.2) is 22.0 Å². The quantitative estimate of drug-likeness (QED) is 0.821. The lowest BCUT2D eigenvalue weighted by molar-refractivity contribution is -0.120. The zero-order valence-corrected chi connectivity index (χ0v) is 9.99. The molecule has 0 radical (unpaired) electrons. The largest absolute Gasteiger partial charge is 0.356 e. The predicted octanol–water partition coefficient (Wildman–Crippen LogP) is 1.60. The Balaban J connectivity index is 1.91. The van der Waals surface area contributed by atoms with Gasteiger partial charge >= 0.3 is 0 Å². The average molecular weight is 221 g/mol. The Morgan fingerprint density at radius 1 is 1.62 bits per heavy atom. The molecule has 1 aliphatic carbocycles. The van der Waals surface area contributed by atoms with E-state index in [1.165, 1.54) is 18.5 Å². The zero-order chi connectivity index (χ0) is 11.5. The van der Waals surface area contributed by atoms with Gasteiger partial charge < -0.3 is 9.88 Å². The van der Waals surface area contributed by atoms with Gasteiger partial charge in [-0.1, -0.05) is 6.92 Å². The Kier molecular flexibility index (Phi) is 3.27. The molecule has 0 saturated heterocycles. The van der Waals surface area contributed by atoms with E-state index in [4.69, 9.17) is 0 Å². The number of aromatic nitrogens is 2. The molecule has 1 heterocycles. The molecule has 1 saturated carbocycles. The number of rotatable bonds is 5. The van der Waals surface area contributed by atoms with Crippen LogP contribution in [0.15, 0.2) is 6.20 Å². The van der Waals surface area contributed by atoms with Gasteiger partial charge in [0.1, 0.15) is 5.82 Å². The number of nitrogens with one attached hydrogen (secondary N) is 1. The number of hydrogen-bond donors (Lipinski definition) is 1. The first-order chi connectivity index (χ1) is 7.72. The summed E-state index contributed by atoms with van der Waals surface area (Å²) in [4.78, 5) is 15.5. The van der Waals surface area contributed by atoms with Gasteiger partial charge in [-0.15, -0.1) is 0 Å². The molecule has 1 fully saturated rings. The number of aryl methyl sites for hydroxylation is 1. The lowest BCUT2D eigenvalue weighted by Crippen LogP contribution is -2.25. The number of nitrogens with zero attached hydrogens (tertiary/aromatic N) is 2. The molecule has 0 spiro atoms.